The summed E-state index contributed by atoms with van der Waals surface area (Å²) < 4.78 is 51.1. The minimum atomic E-state index is -4.42. The number of fused-ring (bicyclic) bond motifs is 1. The van der Waals surface area contributed by atoms with Crippen LogP contribution in [0.15, 0.2) is 66.7 Å². The van der Waals surface area contributed by atoms with E-state index in [1.54, 1.807) is 18.2 Å². The van der Waals surface area contributed by atoms with E-state index >= 15 is 0 Å². The molecule has 1 N–H and O–H groups in total. The number of aromatic nitrogens is 1. The van der Waals surface area contributed by atoms with Crippen molar-refractivity contribution in [3.05, 3.63) is 77.9 Å². The Morgan fingerprint density at radius 1 is 0.943 bits per heavy atom. The Bertz CT molecular complexity index is 1260. The van der Waals surface area contributed by atoms with Gasteiger partial charge in [-0.2, -0.15) is 13.2 Å². The summed E-state index contributed by atoms with van der Waals surface area (Å²) in [6.45, 7) is 2.28. The zero-order valence-corrected chi connectivity index (χ0v) is 20.2. The van der Waals surface area contributed by atoms with E-state index in [0.717, 1.165) is 51.8 Å². The molecule has 0 aliphatic carbocycles. The van der Waals surface area contributed by atoms with E-state index in [-0.39, 0.29) is 5.75 Å². The zero-order valence-electron chi connectivity index (χ0n) is 19.4. The number of halogens is 3. The summed E-state index contributed by atoms with van der Waals surface area (Å²) in [6, 6.07) is 18.1. The van der Waals surface area contributed by atoms with E-state index in [0.29, 0.717) is 18.9 Å². The lowest BCUT2D eigenvalue weighted by molar-refractivity contribution is -0.137. The van der Waals surface area contributed by atoms with Crippen molar-refractivity contribution in [2.24, 2.45) is 0 Å². The second-order valence-corrected chi connectivity index (χ2v) is 9.31. The van der Waals surface area contributed by atoms with Gasteiger partial charge in [-0.3, -0.25) is 0 Å². The van der Waals surface area contributed by atoms with Gasteiger partial charge in [-0.05, 0) is 68.5 Å². The topological polar surface area (TPSA) is 46.6 Å². The van der Waals surface area contributed by atoms with Crippen LogP contribution in [0, 0.1) is 0 Å². The van der Waals surface area contributed by atoms with E-state index in [1.165, 1.54) is 23.5 Å². The normalized spacial score (nSPS) is 11.7. The Hall–Kier alpha value is -3.30. The van der Waals surface area contributed by atoms with Crippen LogP contribution in [0.4, 0.5) is 18.3 Å². The molecule has 35 heavy (non-hydrogen) atoms. The van der Waals surface area contributed by atoms with Crippen molar-refractivity contribution in [2.45, 2.75) is 19.1 Å². The van der Waals surface area contributed by atoms with E-state index in [2.05, 4.69) is 15.2 Å². The largest absolute Gasteiger partial charge is 0.494 e. The Morgan fingerprint density at radius 2 is 1.69 bits per heavy atom. The van der Waals surface area contributed by atoms with Crippen molar-refractivity contribution in [1.82, 2.24) is 9.88 Å². The third kappa shape index (κ3) is 7.10. The highest BCUT2D eigenvalue weighted by atomic mass is 32.1. The van der Waals surface area contributed by atoms with Gasteiger partial charge in [0.25, 0.3) is 0 Å². The molecule has 0 atom stereocenters. The number of benzene rings is 3. The van der Waals surface area contributed by atoms with Gasteiger partial charge in [-0.1, -0.05) is 29.5 Å². The average Bonchev–Trinajstić information content (AvgIpc) is 3.23. The summed E-state index contributed by atoms with van der Waals surface area (Å²) in [5.41, 5.74) is 1.14. The van der Waals surface area contributed by atoms with Gasteiger partial charge in [-0.15, -0.1) is 0 Å². The molecule has 0 radical (unpaired) electrons. The summed E-state index contributed by atoms with van der Waals surface area (Å²) >= 11 is 1.46. The highest BCUT2D eigenvalue weighted by molar-refractivity contribution is 7.22. The third-order valence-corrected chi connectivity index (χ3v) is 6.12. The van der Waals surface area contributed by atoms with Gasteiger partial charge in [0.1, 0.15) is 17.2 Å². The van der Waals surface area contributed by atoms with E-state index in [1.807, 2.05) is 38.4 Å². The Morgan fingerprint density at radius 3 is 2.43 bits per heavy atom. The first-order valence-electron chi connectivity index (χ1n) is 11.1. The molecule has 4 aromatic rings. The first kappa shape index (κ1) is 24.8. The number of alkyl halides is 3. The van der Waals surface area contributed by atoms with Crippen LogP contribution in [0.1, 0.15) is 17.5 Å². The standard InChI is InChI=1S/C26H26F3N3O2S/c1-32(2)13-4-14-33-20-9-7-18(8-10-20)17-30-25-31-23-12-11-22(16-24(23)35-25)34-21-6-3-5-19(15-21)26(27,28)29/h3,5-12,15-16H,4,13-14,17H2,1-2H3,(H,30,31). The fraction of sp³-hybridized carbons (Fsp3) is 0.269. The number of nitrogens with zero attached hydrogens (tertiary/aromatic N) is 2. The Kier molecular flexibility index (Phi) is 7.77. The molecule has 1 aromatic heterocycles. The fourth-order valence-corrected chi connectivity index (χ4v) is 4.26. The molecule has 0 aliphatic rings. The average molecular weight is 502 g/mol. The summed E-state index contributed by atoms with van der Waals surface area (Å²) in [4.78, 5) is 6.71. The SMILES string of the molecule is CN(C)CCCOc1ccc(CNc2nc3ccc(Oc4cccc(C(F)(F)F)c4)cc3s2)cc1. The number of anilines is 1. The maximum atomic E-state index is 12.9. The van der Waals surface area contributed by atoms with Crippen molar-refractivity contribution in [3.63, 3.8) is 0 Å². The number of hydrogen-bond donors (Lipinski definition) is 1. The molecule has 0 saturated heterocycles. The highest BCUT2D eigenvalue weighted by Crippen LogP contribution is 2.34. The second kappa shape index (κ2) is 11.0. The summed E-state index contributed by atoms with van der Waals surface area (Å²) in [6.07, 6.45) is -3.44. The van der Waals surface area contributed by atoms with Gasteiger partial charge in [0.15, 0.2) is 5.13 Å². The minimum Gasteiger partial charge on any atom is -0.494 e. The van der Waals surface area contributed by atoms with Gasteiger partial charge in [0.05, 0.1) is 22.4 Å². The molecule has 0 fully saturated rings. The quantitative estimate of drug-likeness (QED) is 0.236. The molecular formula is C26H26F3N3O2S. The van der Waals surface area contributed by atoms with Crippen molar-refractivity contribution in [3.8, 4) is 17.2 Å². The van der Waals surface area contributed by atoms with Gasteiger partial charge < -0.3 is 19.7 Å². The maximum absolute atomic E-state index is 12.9. The van der Waals surface area contributed by atoms with Gasteiger partial charge in [0.2, 0.25) is 0 Å². The highest BCUT2D eigenvalue weighted by Gasteiger charge is 2.30. The number of hydrogen-bond acceptors (Lipinski definition) is 6. The number of nitrogens with one attached hydrogen (secondary N) is 1. The van der Waals surface area contributed by atoms with Crippen LogP contribution < -0.4 is 14.8 Å². The number of thiazole rings is 1. The molecule has 0 bridgehead atoms. The predicted octanol–water partition coefficient (Wildman–Crippen LogP) is 7.05. The van der Waals surface area contributed by atoms with Crippen LogP contribution in [0.5, 0.6) is 17.2 Å². The van der Waals surface area contributed by atoms with E-state index in [9.17, 15) is 13.2 Å². The molecule has 184 valence electrons. The summed E-state index contributed by atoms with van der Waals surface area (Å²) in [5, 5.41) is 4.07. The Balaban J connectivity index is 1.34. The van der Waals surface area contributed by atoms with Crippen LogP contribution in [-0.2, 0) is 12.7 Å². The molecule has 1 heterocycles. The molecule has 9 heteroatoms. The molecule has 4 rings (SSSR count). The zero-order chi connectivity index (χ0) is 24.8. The molecule has 0 saturated carbocycles. The molecule has 0 aliphatic heterocycles. The van der Waals surface area contributed by atoms with Gasteiger partial charge >= 0.3 is 6.18 Å². The van der Waals surface area contributed by atoms with Crippen LogP contribution >= 0.6 is 11.3 Å². The van der Waals surface area contributed by atoms with Gasteiger partial charge in [-0.25, -0.2) is 4.98 Å². The van der Waals surface area contributed by atoms with Gasteiger partial charge in [0, 0.05) is 19.2 Å². The Labute approximate surface area is 206 Å². The van der Waals surface area contributed by atoms with Crippen LogP contribution in [0.25, 0.3) is 10.2 Å². The van der Waals surface area contributed by atoms with Crippen LogP contribution in [0.3, 0.4) is 0 Å². The monoisotopic (exact) mass is 501 g/mol. The predicted molar refractivity (Wildman–Crippen MR) is 134 cm³/mol. The second-order valence-electron chi connectivity index (χ2n) is 8.28. The molecule has 5 nitrogen and oxygen atoms in total. The minimum absolute atomic E-state index is 0.132. The van der Waals surface area contributed by atoms with Crippen LogP contribution in [0.2, 0.25) is 0 Å². The maximum Gasteiger partial charge on any atom is 0.416 e. The lowest BCUT2D eigenvalue weighted by atomic mass is 10.2. The molecule has 0 spiro atoms. The number of rotatable bonds is 10. The summed E-state index contributed by atoms with van der Waals surface area (Å²) in [7, 11) is 4.08. The lowest BCUT2D eigenvalue weighted by Gasteiger charge is -2.10. The molecule has 3 aromatic carbocycles. The lowest BCUT2D eigenvalue weighted by Crippen LogP contribution is -2.15. The fourth-order valence-electron chi connectivity index (χ4n) is 3.37. The van der Waals surface area contributed by atoms with Crippen LogP contribution in [-0.4, -0.2) is 37.1 Å². The van der Waals surface area contributed by atoms with E-state index < -0.39 is 11.7 Å². The van der Waals surface area contributed by atoms with Crippen molar-refractivity contribution < 1.29 is 22.6 Å². The van der Waals surface area contributed by atoms with Crippen molar-refractivity contribution in [2.75, 3.05) is 32.6 Å². The van der Waals surface area contributed by atoms with E-state index in [4.69, 9.17) is 9.47 Å². The smallest absolute Gasteiger partial charge is 0.416 e. The summed E-state index contributed by atoms with van der Waals surface area (Å²) in [5.74, 6) is 1.43. The first-order chi connectivity index (χ1) is 16.8. The third-order valence-electron chi connectivity index (χ3n) is 5.14. The number of ether oxygens (including phenoxy) is 2. The first-order valence-corrected chi connectivity index (χ1v) is 11.9. The molecule has 0 unspecified atom stereocenters. The molecular weight excluding hydrogens is 475 g/mol. The molecule has 0 amide bonds. The van der Waals surface area contributed by atoms with Crippen molar-refractivity contribution in [1.29, 1.82) is 0 Å². The van der Waals surface area contributed by atoms with Crippen molar-refractivity contribution >= 4 is 26.7 Å².